The van der Waals surface area contributed by atoms with Gasteiger partial charge in [-0.05, 0) is 12.1 Å². The van der Waals surface area contributed by atoms with Crippen LogP contribution in [0, 0.1) is 0 Å². The van der Waals surface area contributed by atoms with Crippen LogP contribution in [0.25, 0.3) is 0 Å². The first-order valence-electron chi connectivity index (χ1n) is 4.15. The van der Waals surface area contributed by atoms with E-state index >= 15 is 0 Å². The number of hydrogen-bond acceptors (Lipinski definition) is 2. The quantitative estimate of drug-likeness (QED) is 0.755. The molecule has 0 saturated carbocycles. The molecule has 1 amide bonds. The van der Waals surface area contributed by atoms with Crippen molar-refractivity contribution in [1.29, 1.82) is 0 Å². The second kappa shape index (κ2) is 4.21. The fourth-order valence-corrected chi connectivity index (χ4v) is 1.33. The highest BCUT2D eigenvalue weighted by Crippen LogP contribution is 2.38. The second-order valence-corrected chi connectivity index (χ2v) is 3.51. The standard InChI is InChI=1S/C9H8ClF3N2O/c1-4(16)15-8-3-7(14)5(2-6(8)10)9(11,12)13/h2-3H,14H2,1H3,(H,15,16). The molecule has 1 rings (SSSR count). The number of carbonyl (C=O) groups is 1. The Hall–Kier alpha value is -1.43. The minimum absolute atomic E-state index is 0.0552. The molecule has 0 saturated heterocycles. The van der Waals surface area contributed by atoms with Gasteiger partial charge in [0, 0.05) is 12.6 Å². The lowest BCUT2D eigenvalue weighted by molar-refractivity contribution is -0.136. The zero-order valence-electron chi connectivity index (χ0n) is 8.15. The van der Waals surface area contributed by atoms with Crippen LogP contribution < -0.4 is 11.1 Å². The summed E-state index contributed by atoms with van der Waals surface area (Å²) in [5, 5.41) is 2.06. The SMILES string of the molecule is CC(=O)Nc1cc(N)c(C(F)(F)F)cc1Cl. The van der Waals surface area contributed by atoms with Crippen molar-refractivity contribution in [3.63, 3.8) is 0 Å². The van der Waals surface area contributed by atoms with Gasteiger partial charge in [0.1, 0.15) is 0 Å². The molecule has 0 aliphatic rings. The maximum Gasteiger partial charge on any atom is 0.418 e. The minimum Gasteiger partial charge on any atom is -0.398 e. The van der Waals surface area contributed by atoms with Gasteiger partial charge < -0.3 is 11.1 Å². The minimum atomic E-state index is -4.57. The number of amides is 1. The summed E-state index contributed by atoms with van der Waals surface area (Å²) in [6, 6.07) is 1.66. The second-order valence-electron chi connectivity index (χ2n) is 3.10. The maximum atomic E-state index is 12.4. The van der Waals surface area contributed by atoms with E-state index in [0.717, 1.165) is 6.07 Å². The summed E-state index contributed by atoms with van der Waals surface area (Å²) in [4.78, 5) is 10.7. The number of nitrogens with two attached hydrogens (primary N) is 1. The Balaban J connectivity index is 3.22. The van der Waals surface area contributed by atoms with Gasteiger partial charge in [-0.25, -0.2) is 0 Å². The van der Waals surface area contributed by atoms with E-state index in [4.69, 9.17) is 17.3 Å². The monoisotopic (exact) mass is 252 g/mol. The molecule has 16 heavy (non-hydrogen) atoms. The molecule has 88 valence electrons. The maximum absolute atomic E-state index is 12.4. The van der Waals surface area contributed by atoms with Gasteiger partial charge in [-0.15, -0.1) is 0 Å². The predicted octanol–water partition coefficient (Wildman–Crippen LogP) is 2.90. The molecule has 3 N–H and O–H groups in total. The average Bonchev–Trinajstić information content (AvgIpc) is 2.07. The van der Waals surface area contributed by atoms with Crippen LogP contribution in [-0.4, -0.2) is 5.91 Å². The molecule has 0 radical (unpaired) electrons. The van der Waals surface area contributed by atoms with Crippen molar-refractivity contribution in [2.45, 2.75) is 13.1 Å². The number of nitrogen functional groups attached to an aromatic ring is 1. The van der Waals surface area contributed by atoms with Crippen LogP contribution in [0.15, 0.2) is 12.1 Å². The van der Waals surface area contributed by atoms with Gasteiger partial charge in [-0.1, -0.05) is 11.6 Å². The van der Waals surface area contributed by atoms with E-state index in [9.17, 15) is 18.0 Å². The van der Waals surface area contributed by atoms with E-state index in [0.29, 0.717) is 6.07 Å². The number of halogens is 4. The van der Waals surface area contributed by atoms with E-state index in [1.54, 1.807) is 0 Å². The van der Waals surface area contributed by atoms with Crippen molar-refractivity contribution in [2.75, 3.05) is 11.1 Å². The molecule has 0 aromatic heterocycles. The summed E-state index contributed by atoms with van der Waals surface area (Å²) < 4.78 is 37.2. The molecule has 0 heterocycles. The Morgan fingerprint density at radius 3 is 2.44 bits per heavy atom. The summed E-state index contributed by atoms with van der Waals surface area (Å²) in [5.41, 5.74) is 3.77. The molecule has 0 fully saturated rings. The van der Waals surface area contributed by atoms with Crippen molar-refractivity contribution in [2.24, 2.45) is 0 Å². The van der Waals surface area contributed by atoms with Gasteiger partial charge >= 0.3 is 6.18 Å². The molecule has 0 spiro atoms. The first-order chi connectivity index (χ1) is 7.21. The number of nitrogens with one attached hydrogen (secondary N) is 1. The van der Waals surface area contributed by atoms with Crippen molar-refractivity contribution in [3.05, 3.63) is 22.7 Å². The lowest BCUT2D eigenvalue weighted by Gasteiger charge is -2.13. The zero-order valence-corrected chi connectivity index (χ0v) is 8.91. The van der Waals surface area contributed by atoms with Crippen molar-refractivity contribution in [1.82, 2.24) is 0 Å². The summed E-state index contributed by atoms with van der Waals surface area (Å²) in [7, 11) is 0. The highest BCUT2D eigenvalue weighted by atomic mass is 35.5. The van der Waals surface area contributed by atoms with Gasteiger partial charge in [0.25, 0.3) is 0 Å². The molecule has 1 aromatic carbocycles. The topological polar surface area (TPSA) is 55.1 Å². The molecular weight excluding hydrogens is 245 g/mol. The Bertz CT molecular complexity index is 431. The Labute approximate surface area is 94.4 Å². The van der Waals surface area contributed by atoms with Crippen LogP contribution in [-0.2, 0) is 11.0 Å². The van der Waals surface area contributed by atoms with Crippen LogP contribution in [0.4, 0.5) is 24.5 Å². The van der Waals surface area contributed by atoms with Crippen molar-refractivity contribution in [3.8, 4) is 0 Å². The van der Waals surface area contributed by atoms with Gasteiger partial charge in [-0.3, -0.25) is 4.79 Å². The smallest absolute Gasteiger partial charge is 0.398 e. The summed E-state index contributed by atoms with van der Waals surface area (Å²) in [5.74, 6) is -0.443. The number of carbonyl (C=O) groups excluding carboxylic acids is 1. The molecule has 0 unspecified atom stereocenters. The van der Waals surface area contributed by atoms with E-state index in [-0.39, 0.29) is 10.7 Å². The first kappa shape index (κ1) is 12.6. The Kier molecular flexibility index (Phi) is 3.32. The van der Waals surface area contributed by atoms with Crippen LogP contribution in [0.3, 0.4) is 0 Å². The molecule has 0 atom stereocenters. The molecule has 1 aromatic rings. The lowest BCUT2D eigenvalue weighted by atomic mass is 10.1. The van der Waals surface area contributed by atoms with Gasteiger partial charge in [0.15, 0.2) is 0 Å². The fourth-order valence-electron chi connectivity index (χ4n) is 1.12. The van der Waals surface area contributed by atoms with Crippen LogP contribution in [0.5, 0.6) is 0 Å². The number of benzene rings is 1. The molecule has 0 aliphatic carbocycles. The van der Waals surface area contributed by atoms with E-state index in [2.05, 4.69) is 5.32 Å². The summed E-state index contributed by atoms with van der Waals surface area (Å²) in [6.45, 7) is 1.21. The predicted molar refractivity (Wildman–Crippen MR) is 55.2 cm³/mol. The largest absolute Gasteiger partial charge is 0.418 e. The highest BCUT2D eigenvalue weighted by molar-refractivity contribution is 6.34. The third kappa shape index (κ3) is 2.79. The lowest BCUT2D eigenvalue weighted by Crippen LogP contribution is -2.11. The summed E-state index contributed by atoms with van der Waals surface area (Å²) in [6.07, 6.45) is -4.57. The third-order valence-corrected chi connectivity index (χ3v) is 2.07. The number of rotatable bonds is 1. The molecule has 7 heteroatoms. The molecule has 0 aliphatic heterocycles. The van der Waals surface area contributed by atoms with Crippen molar-refractivity contribution >= 4 is 28.9 Å². The number of alkyl halides is 3. The average molecular weight is 253 g/mol. The molecular formula is C9H8ClF3N2O. The van der Waals surface area contributed by atoms with E-state index in [1.165, 1.54) is 6.92 Å². The normalized spacial score (nSPS) is 11.3. The van der Waals surface area contributed by atoms with E-state index < -0.39 is 23.3 Å². The highest BCUT2D eigenvalue weighted by Gasteiger charge is 2.33. The molecule has 0 bridgehead atoms. The fraction of sp³-hybridized carbons (Fsp3) is 0.222. The molecule has 3 nitrogen and oxygen atoms in total. The first-order valence-corrected chi connectivity index (χ1v) is 4.53. The van der Waals surface area contributed by atoms with Crippen LogP contribution in [0.1, 0.15) is 12.5 Å². The Morgan fingerprint density at radius 2 is 2.00 bits per heavy atom. The van der Waals surface area contributed by atoms with Crippen molar-refractivity contribution < 1.29 is 18.0 Å². The van der Waals surface area contributed by atoms with Gasteiger partial charge in [0.2, 0.25) is 5.91 Å². The van der Waals surface area contributed by atoms with Crippen LogP contribution in [0.2, 0.25) is 5.02 Å². The van der Waals surface area contributed by atoms with E-state index in [1.807, 2.05) is 0 Å². The van der Waals surface area contributed by atoms with Gasteiger partial charge in [0.05, 0.1) is 16.3 Å². The Morgan fingerprint density at radius 1 is 1.44 bits per heavy atom. The zero-order chi connectivity index (χ0) is 12.5. The van der Waals surface area contributed by atoms with Gasteiger partial charge in [-0.2, -0.15) is 13.2 Å². The van der Waals surface area contributed by atoms with Crippen LogP contribution >= 0.6 is 11.6 Å². The third-order valence-electron chi connectivity index (χ3n) is 1.76. The summed E-state index contributed by atoms with van der Waals surface area (Å²) >= 11 is 5.58. The number of anilines is 2. The number of hydrogen-bond donors (Lipinski definition) is 2.